The number of benzene rings is 3. The molecule has 1 heterocycles. The fourth-order valence-electron chi connectivity index (χ4n) is 3.45. The molecule has 164 valence electrons. The summed E-state index contributed by atoms with van der Waals surface area (Å²) in [7, 11) is 0. The summed E-state index contributed by atoms with van der Waals surface area (Å²) in [5.74, 6) is 0.378. The highest BCUT2D eigenvalue weighted by Gasteiger charge is 2.17. The third-order valence-corrected chi connectivity index (χ3v) is 6.21. The highest BCUT2D eigenvalue weighted by molar-refractivity contribution is 7.99. The molecule has 0 saturated heterocycles. The van der Waals surface area contributed by atoms with E-state index in [1.165, 1.54) is 11.8 Å². The minimum atomic E-state index is -0.674. The molecule has 4 nitrogen and oxygen atoms in total. The van der Waals surface area contributed by atoms with E-state index >= 15 is 0 Å². The minimum Gasteiger partial charge on any atom is -0.390 e. The molecule has 5 heteroatoms. The second-order valence-electron chi connectivity index (χ2n) is 7.54. The van der Waals surface area contributed by atoms with Gasteiger partial charge < -0.3 is 9.84 Å². The topological polar surface area (TPSA) is 66.1 Å². The zero-order valence-corrected chi connectivity index (χ0v) is 18.9. The van der Waals surface area contributed by atoms with Crippen LogP contribution in [0.15, 0.2) is 102 Å². The minimum absolute atomic E-state index is 0.216. The Kier molecular flexibility index (Phi) is 7.89. The fourth-order valence-corrected chi connectivity index (χ4v) is 4.36. The largest absolute Gasteiger partial charge is 0.390 e. The van der Waals surface area contributed by atoms with Gasteiger partial charge >= 0.3 is 0 Å². The maximum Gasteiger partial charge on any atom is 0.115 e. The predicted octanol–water partition coefficient (Wildman–Crippen LogP) is 5.96. The Hall–Kier alpha value is -3.43. The highest BCUT2D eigenvalue weighted by Crippen LogP contribution is 2.34. The van der Waals surface area contributed by atoms with Crippen molar-refractivity contribution in [2.24, 2.45) is 0 Å². The van der Waals surface area contributed by atoms with Crippen LogP contribution in [0.2, 0.25) is 0 Å². The molecule has 0 aliphatic heterocycles. The Bertz CT molecular complexity index is 1210. The molecule has 0 aliphatic rings. The van der Waals surface area contributed by atoms with E-state index in [0.717, 1.165) is 27.9 Å². The first kappa shape index (κ1) is 22.8. The number of aliphatic hydroxyl groups excluding tert-OH is 1. The van der Waals surface area contributed by atoms with Gasteiger partial charge in [0, 0.05) is 16.9 Å². The molecule has 33 heavy (non-hydrogen) atoms. The monoisotopic (exact) mass is 452 g/mol. The van der Waals surface area contributed by atoms with Gasteiger partial charge in [-0.1, -0.05) is 91.0 Å². The van der Waals surface area contributed by atoms with Crippen LogP contribution in [0.1, 0.15) is 11.1 Å². The molecule has 4 rings (SSSR count). The Morgan fingerprint density at radius 2 is 1.48 bits per heavy atom. The van der Waals surface area contributed by atoms with Gasteiger partial charge in [0.1, 0.15) is 11.1 Å². The number of nitrogens with zero attached hydrogens (tertiary/aromatic N) is 2. The number of ether oxygens (including phenoxy) is 1. The summed E-state index contributed by atoms with van der Waals surface area (Å²) in [6, 6.07) is 33.9. The fraction of sp³-hybridized carbons (Fsp3) is 0.143. The van der Waals surface area contributed by atoms with Gasteiger partial charge in [-0.3, -0.25) is 0 Å². The lowest BCUT2D eigenvalue weighted by Gasteiger charge is -2.14. The average molecular weight is 453 g/mol. The molecule has 0 saturated carbocycles. The third kappa shape index (κ3) is 6.09. The van der Waals surface area contributed by atoms with Gasteiger partial charge in [-0.05, 0) is 17.2 Å². The number of thioether (sulfide) groups is 1. The van der Waals surface area contributed by atoms with Gasteiger partial charge in [-0.2, -0.15) is 5.26 Å². The first-order chi connectivity index (χ1) is 16.2. The van der Waals surface area contributed by atoms with Crippen molar-refractivity contribution in [2.45, 2.75) is 17.7 Å². The van der Waals surface area contributed by atoms with Crippen LogP contribution in [0.3, 0.4) is 0 Å². The molecule has 3 aromatic carbocycles. The third-order valence-electron chi connectivity index (χ3n) is 5.09. The van der Waals surface area contributed by atoms with Crippen LogP contribution >= 0.6 is 11.8 Å². The lowest BCUT2D eigenvalue weighted by Crippen LogP contribution is -2.18. The molecule has 1 aromatic heterocycles. The Morgan fingerprint density at radius 1 is 0.879 bits per heavy atom. The predicted molar refractivity (Wildman–Crippen MR) is 133 cm³/mol. The van der Waals surface area contributed by atoms with Gasteiger partial charge in [0.2, 0.25) is 0 Å². The number of aliphatic hydroxyl groups is 1. The summed E-state index contributed by atoms with van der Waals surface area (Å²) in [6.07, 6.45) is -0.674. The standard InChI is InChI=1S/C28H24N2O2S/c29-17-26-25(22-12-6-2-7-13-22)16-27(23-14-8-3-9-15-23)30-28(26)33-20-24(31)19-32-18-21-10-4-1-5-11-21/h1-16,24,31H,18-20H2. The zero-order chi connectivity index (χ0) is 22.9. The Morgan fingerprint density at radius 3 is 2.12 bits per heavy atom. The van der Waals surface area contributed by atoms with Crippen molar-refractivity contribution < 1.29 is 9.84 Å². The van der Waals surface area contributed by atoms with Crippen molar-refractivity contribution in [1.82, 2.24) is 4.98 Å². The lowest BCUT2D eigenvalue weighted by atomic mass is 9.99. The summed E-state index contributed by atoms with van der Waals surface area (Å²) in [6.45, 7) is 0.666. The molecule has 1 unspecified atom stereocenters. The van der Waals surface area contributed by atoms with Crippen LogP contribution in [0.5, 0.6) is 0 Å². The SMILES string of the molecule is N#Cc1c(-c2ccccc2)cc(-c2ccccc2)nc1SCC(O)COCc1ccccc1. The summed E-state index contributed by atoms with van der Waals surface area (Å²) >= 11 is 1.38. The smallest absolute Gasteiger partial charge is 0.115 e. The summed E-state index contributed by atoms with van der Waals surface area (Å²) in [5.41, 5.74) is 5.15. The van der Waals surface area contributed by atoms with Crippen LogP contribution in [0, 0.1) is 11.3 Å². The number of pyridine rings is 1. The second-order valence-corrected chi connectivity index (χ2v) is 8.55. The summed E-state index contributed by atoms with van der Waals surface area (Å²) in [5, 5.41) is 21.0. The van der Waals surface area contributed by atoms with Crippen LogP contribution < -0.4 is 0 Å². The van der Waals surface area contributed by atoms with Crippen LogP contribution in [0.4, 0.5) is 0 Å². The molecule has 0 aliphatic carbocycles. The van der Waals surface area contributed by atoms with Crippen LogP contribution in [-0.2, 0) is 11.3 Å². The molecule has 0 spiro atoms. The number of hydrogen-bond acceptors (Lipinski definition) is 5. The lowest BCUT2D eigenvalue weighted by molar-refractivity contribution is 0.0398. The molecular formula is C28H24N2O2S. The molecular weight excluding hydrogens is 428 g/mol. The van der Waals surface area contributed by atoms with Crippen LogP contribution in [-0.4, -0.2) is 28.6 Å². The van der Waals surface area contributed by atoms with Gasteiger partial charge in [-0.15, -0.1) is 11.8 Å². The van der Waals surface area contributed by atoms with E-state index < -0.39 is 6.10 Å². The van der Waals surface area contributed by atoms with Gasteiger partial charge in [-0.25, -0.2) is 4.98 Å². The molecule has 1 atom stereocenters. The Labute approximate surface area is 198 Å². The van der Waals surface area contributed by atoms with Crippen LogP contribution in [0.25, 0.3) is 22.4 Å². The van der Waals surface area contributed by atoms with Crippen molar-refractivity contribution in [3.05, 3.63) is 108 Å². The van der Waals surface area contributed by atoms with Crippen molar-refractivity contribution in [2.75, 3.05) is 12.4 Å². The average Bonchev–Trinajstić information content (AvgIpc) is 2.88. The highest BCUT2D eigenvalue weighted by atomic mass is 32.2. The van der Waals surface area contributed by atoms with Crippen molar-refractivity contribution in [3.8, 4) is 28.5 Å². The van der Waals surface area contributed by atoms with Gasteiger partial charge in [0.05, 0.1) is 30.6 Å². The van der Waals surface area contributed by atoms with Gasteiger partial charge in [0.25, 0.3) is 0 Å². The molecule has 1 N–H and O–H groups in total. The quantitative estimate of drug-likeness (QED) is 0.318. The summed E-state index contributed by atoms with van der Waals surface area (Å²) in [4.78, 5) is 4.79. The molecule has 0 bridgehead atoms. The zero-order valence-electron chi connectivity index (χ0n) is 18.1. The Balaban J connectivity index is 1.54. The van der Waals surface area contributed by atoms with E-state index in [9.17, 15) is 10.4 Å². The second kappa shape index (κ2) is 11.4. The first-order valence-electron chi connectivity index (χ1n) is 10.7. The van der Waals surface area contributed by atoms with E-state index in [1.54, 1.807) is 0 Å². The molecule has 4 aromatic rings. The number of hydrogen-bond donors (Lipinski definition) is 1. The normalized spacial score (nSPS) is 11.6. The number of aromatic nitrogens is 1. The first-order valence-corrected chi connectivity index (χ1v) is 11.7. The number of rotatable bonds is 9. The van der Waals surface area contributed by atoms with Crippen molar-refractivity contribution >= 4 is 11.8 Å². The molecule has 0 fully saturated rings. The maximum atomic E-state index is 10.5. The maximum absolute atomic E-state index is 10.5. The summed E-state index contributed by atoms with van der Waals surface area (Å²) < 4.78 is 5.66. The van der Waals surface area contributed by atoms with Crippen molar-refractivity contribution in [3.63, 3.8) is 0 Å². The van der Waals surface area contributed by atoms with Crippen molar-refractivity contribution in [1.29, 1.82) is 5.26 Å². The van der Waals surface area contributed by atoms with E-state index in [1.807, 2.05) is 97.1 Å². The molecule has 0 radical (unpaired) electrons. The van der Waals surface area contributed by atoms with Gasteiger partial charge in [0.15, 0.2) is 0 Å². The molecule has 0 amide bonds. The van der Waals surface area contributed by atoms with E-state index in [2.05, 4.69) is 6.07 Å². The van der Waals surface area contributed by atoms with E-state index in [0.29, 0.717) is 22.9 Å². The van der Waals surface area contributed by atoms with E-state index in [-0.39, 0.29) is 6.61 Å². The number of nitriles is 1. The van der Waals surface area contributed by atoms with E-state index in [4.69, 9.17) is 9.72 Å².